The van der Waals surface area contributed by atoms with Crippen LogP contribution in [0.2, 0.25) is 0 Å². The molecule has 1 aromatic rings. The van der Waals surface area contributed by atoms with Crippen LogP contribution in [0.5, 0.6) is 0 Å². The maximum Gasteiger partial charge on any atom is 0.249 e. The van der Waals surface area contributed by atoms with Crippen molar-refractivity contribution in [2.75, 3.05) is 11.4 Å². The summed E-state index contributed by atoms with van der Waals surface area (Å²) in [6.45, 7) is 4.32. The van der Waals surface area contributed by atoms with Gasteiger partial charge in [0.25, 0.3) is 0 Å². The Morgan fingerprint density at radius 2 is 2.21 bits per heavy atom. The van der Waals surface area contributed by atoms with Crippen molar-refractivity contribution >= 4 is 17.5 Å². The van der Waals surface area contributed by atoms with E-state index < -0.39 is 6.04 Å². The lowest BCUT2D eigenvalue weighted by Gasteiger charge is -2.23. The molecule has 1 saturated heterocycles. The Morgan fingerprint density at radius 1 is 1.42 bits per heavy atom. The van der Waals surface area contributed by atoms with Gasteiger partial charge in [-0.1, -0.05) is 13.3 Å². The molecule has 0 saturated carbocycles. The molecule has 1 fully saturated rings. The Hall–Kier alpha value is -1.91. The number of rotatable bonds is 3. The lowest BCUT2D eigenvalue weighted by molar-refractivity contribution is -0.125. The third kappa shape index (κ3) is 3.10. The van der Waals surface area contributed by atoms with E-state index in [9.17, 15) is 9.59 Å². The number of aromatic nitrogens is 1. The first kappa shape index (κ1) is 13.5. The normalized spacial score (nSPS) is 20.1. The van der Waals surface area contributed by atoms with Crippen LogP contribution < -0.4 is 10.2 Å². The molecule has 0 aromatic carbocycles. The second-order valence-electron chi connectivity index (χ2n) is 4.81. The lowest BCUT2D eigenvalue weighted by atomic mass is 10.1. The van der Waals surface area contributed by atoms with Crippen LogP contribution in [-0.2, 0) is 9.59 Å². The van der Waals surface area contributed by atoms with Crippen LogP contribution in [0.3, 0.4) is 0 Å². The van der Waals surface area contributed by atoms with Gasteiger partial charge in [-0.15, -0.1) is 0 Å². The zero-order chi connectivity index (χ0) is 13.8. The van der Waals surface area contributed by atoms with Gasteiger partial charge in [0, 0.05) is 18.7 Å². The third-order valence-corrected chi connectivity index (χ3v) is 3.25. The molecule has 1 atom stereocenters. The van der Waals surface area contributed by atoms with Gasteiger partial charge in [0.2, 0.25) is 11.8 Å². The number of nitrogens with one attached hydrogen (secondary N) is 1. The molecule has 5 nitrogen and oxygen atoms in total. The van der Waals surface area contributed by atoms with Gasteiger partial charge in [0.1, 0.15) is 6.04 Å². The van der Waals surface area contributed by atoms with Gasteiger partial charge in [0.15, 0.2) is 0 Å². The molecule has 1 aromatic heterocycles. The zero-order valence-corrected chi connectivity index (χ0v) is 11.3. The van der Waals surface area contributed by atoms with Crippen molar-refractivity contribution in [2.45, 2.75) is 39.2 Å². The molecule has 19 heavy (non-hydrogen) atoms. The number of hydrogen-bond donors (Lipinski definition) is 1. The van der Waals surface area contributed by atoms with E-state index in [1.807, 2.05) is 26.0 Å². The van der Waals surface area contributed by atoms with Crippen molar-refractivity contribution in [3.05, 3.63) is 24.0 Å². The van der Waals surface area contributed by atoms with Gasteiger partial charge < -0.3 is 10.2 Å². The maximum atomic E-state index is 12.4. The summed E-state index contributed by atoms with van der Waals surface area (Å²) >= 11 is 0. The van der Waals surface area contributed by atoms with Crippen LogP contribution in [0.25, 0.3) is 0 Å². The minimum Gasteiger partial charge on any atom is -0.344 e. The van der Waals surface area contributed by atoms with E-state index in [-0.39, 0.29) is 11.8 Å². The van der Waals surface area contributed by atoms with Crippen LogP contribution in [-0.4, -0.2) is 29.4 Å². The molecule has 0 bridgehead atoms. The summed E-state index contributed by atoms with van der Waals surface area (Å²) < 4.78 is 0. The zero-order valence-electron chi connectivity index (χ0n) is 11.3. The average Bonchev–Trinajstić information content (AvgIpc) is 2.52. The highest BCUT2D eigenvalue weighted by molar-refractivity contribution is 6.01. The van der Waals surface area contributed by atoms with E-state index in [0.717, 1.165) is 17.8 Å². The minimum atomic E-state index is -0.415. The van der Waals surface area contributed by atoms with Crippen molar-refractivity contribution in [1.29, 1.82) is 0 Å². The van der Waals surface area contributed by atoms with Gasteiger partial charge in [-0.05, 0) is 25.5 Å². The number of carbonyl (C=O) groups is 2. The minimum absolute atomic E-state index is 0.0432. The molecular weight excluding hydrogens is 242 g/mol. The molecule has 2 heterocycles. The second-order valence-corrected chi connectivity index (χ2v) is 4.81. The van der Waals surface area contributed by atoms with Crippen molar-refractivity contribution in [1.82, 2.24) is 10.3 Å². The van der Waals surface area contributed by atoms with Gasteiger partial charge in [-0.2, -0.15) is 0 Å². The fourth-order valence-electron chi connectivity index (χ4n) is 2.20. The lowest BCUT2D eigenvalue weighted by Crippen LogP contribution is -2.44. The largest absolute Gasteiger partial charge is 0.344 e. The number of pyridine rings is 1. The SMILES string of the molecule is CCCC1NC(=O)CCN(c2ccc(C)nc2)C1=O. The van der Waals surface area contributed by atoms with E-state index in [4.69, 9.17) is 0 Å². The molecule has 1 aliphatic rings. The first-order chi connectivity index (χ1) is 9.11. The second kappa shape index (κ2) is 5.82. The topological polar surface area (TPSA) is 62.3 Å². The summed E-state index contributed by atoms with van der Waals surface area (Å²) in [7, 11) is 0. The summed E-state index contributed by atoms with van der Waals surface area (Å²) in [5.41, 5.74) is 1.67. The summed E-state index contributed by atoms with van der Waals surface area (Å²) in [5, 5.41) is 2.79. The molecule has 0 spiro atoms. The molecule has 5 heteroatoms. The maximum absolute atomic E-state index is 12.4. The Labute approximate surface area is 113 Å². The molecule has 1 aliphatic heterocycles. The summed E-state index contributed by atoms with van der Waals surface area (Å²) in [4.78, 5) is 30.0. The average molecular weight is 261 g/mol. The van der Waals surface area contributed by atoms with Gasteiger partial charge in [-0.3, -0.25) is 14.6 Å². The molecule has 1 unspecified atom stereocenters. The molecular formula is C14H19N3O2. The number of anilines is 1. The standard InChI is InChI=1S/C14H19N3O2/c1-3-4-12-14(19)17(8-7-13(18)16-12)11-6-5-10(2)15-9-11/h5-6,9,12H,3-4,7-8H2,1-2H3,(H,16,18). The van der Waals surface area contributed by atoms with Gasteiger partial charge in [-0.25, -0.2) is 0 Å². The Morgan fingerprint density at radius 3 is 2.84 bits per heavy atom. The highest BCUT2D eigenvalue weighted by Gasteiger charge is 2.29. The Kier molecular flexibility index (Phi) is 4.14. The first-order valence-corrected chi connectivity index (χ1v) is 6.65. The number of aryl methyl sites for hydroxylation is 1. The van der Waals surface area contributed by atoms with Gasteiger partial charge >= 0.3 is 0 Å². The van der Waals surface area contributed by atoms with Crippen molar-refractivity contribution in [2.24, 2.45) is 0 Å². The third-order valence-electron chi connectivity index (χ3n) is 3.25. The molecule has 0 aliphatic carbocycles. The van der Waals surface area contributed by atoms with E-state index in [1.165, 1.54) is 0 Å². The van der Waals surface area contributed by atoms with E-state index in [0.29, 0.717) is 19.4 Å². The van der Waals surface area contributed by atoms with E-state index in [1.54, 1.807) is 11.1 Å². The number of nitrogens with zero attached hydrogens (tertiary/aromatic N) is 2. The summed E-state index contributed by atoms with van der Waals surface area (Å²) in [6.07, 6.45) is 3.54. The summed E-state index contributed by atoms with van der Waals surface area (Å²) in [6, 6.07) is 3.33. The highest BCUT2D eigenvalue weighted by Crippen LogP contribution is 2.18. The van der Waals surface area contributed by atoms with Crippen LogP contribution in [0.1, 0.15) is 31.9 Å². The number of hydrogen-bond acceptors (Lipinski definition) is 3. The van der Waals surface area contributed by atoms with Crippen LogP contribution in [0.4, 0.5) is 5.69 Å². The molecule has 2 rings (SSSR count). The molecule has 102 valence electrons. The first-order valence-electron chi connectivity index (χ1n) is 6.65. The molecule has 0 radical (unpaired) electrons. The Bertz CT molecular complexity index is 470. The van der Waals surface area contributed by atoms with Crippen LogP contribution in [0, 0.1) is 6.92 Å². The fourth-order valence-corrected chi connectivity index (χ4v) is 2.20. The van der Waals surface area contributed by atoms with Crippen molar-refractivity contribution in [3.63, 3.8) is 0 Å². The monoisotopic (exact) mass is 261 g/mol. The quantitative estimate of drug-likeness (QED) is 0.895. The fraction of sp³-hybridized carbons (Fsp3) is 0.500. The highest BCUT2D eigenvalue weighted by atomic mass is 16.2. The van der Waals surface area contributed by atoms with Crippen LogP contribution in [0.15, 0.2) is 18.3 Å². The number of carbonyl (C=O) groups excluding carboxylic acids is 2. The predicted molar refractivity (Wildman–Crippen MR) is 72.8 cm³/mol. The Balaban J connectivity index is 2.25. The van der Waals surface area contributed by atoms with Gasteiger partial charge in [0.05, 0.1) is 11.9 Å². The molecule has 1 N–H and O–H groups in total. The van der Waals surface area contributed by atoms with Crippen molar-refractivity contribution in [3.8, 4) is 0 Å². The predicted octanol–water partition coefficient (Wildman–Crippen LogP) is 1.41. The van der Waals surface area contributed by atoms with Crippen molar-refractivity contribution < 1.29 is 9.59 Å². The smallest absolute Gasteiger partial charge is 0.249 e. The van der Waals surface area contributed by atoms with E-state index in [2.05, 4.69) is 10.3 Å². The van der Waals surface area contributed by atoms with E-state index >= 15 is 0 Å². The summed E-state index contributed by atoms with van der Waals surface area (Å²) in [5.74, 6) is -0.104. The number of amides is 2. The van der Waals surface area contributed by atoms with Crippen LogP contribution >= 0.6 is 0 Å². The molecule has 2 amide bonds.